The lowest BCUT2D eigenvalue weighted by Gasteiger charge is -2.41. The highest BCUT2D eigenvalue weighted by Crippen LogP contribution is 2.35. The van der Waals surface area contributed by atoms with Crippen molar-refractivity contribution in [1.29, 1.82) is 0 Å². The number of fused-ring (bicyclic) bond motifs is 2. The number of likely N-dealkylation sites (tertiary alicyclic amines) is 1. The van der Waals surface area contributed by atoms with E-state index in [-0.39, 0.29) is 31.7 Å². The van der Waals surface area contributed by atoms with Crippen molar-refractivity contribution < 1.29 is 22.7 Å². The maximum Gasteiger partial charge on any atom is 0.320 e. The molecule has 8 nitrogen and oxygen atoms in total. The van der Waals surface area contributed by atoms with E-state index in [9.17, 15) is 18.0 Å². The SMILES string of the molecule is C=C(F)C(=O)N1CCN(c2nc(OCC3CCCN3C)nc3nc(-c4cccc5cccc(Cl)c45)ccc23)CC1CC(F)F. The molecule has 44 heavy (non-hydrogen) atoms. The third-order valence-corrected chi connectivity index (χ3v) is 8.77. The van der Waals surface area contributed by atoms with Crippen molar-refractivity contribution in [3.63, 3.8) is 0 Å². The van der Waals surface area contributed by atoms with E-state index < -0.39 is 30.6 Å². The number of alkyl halides is 2. The van der Waals surface area contributed by atoms with E-state index in [4.69, 9.17) is 26.3 Å². The predicted octanol–water partition coefficient (Wildman–Crippen LogP) is 6.13. The van der Waals surface area contributed by atoms with Gasteiger partial charge in [0.25, 0.3) is 5.91 Å². The summed E-state index contributed by atoms with van der Waals surface area (Å²) in [6.07, 6.45) is -1.23. The first-order chi connectivity index (χ1) is 21.2. The predicted molar refractivity (Wildman–Crippen MR) is 165 cm³/mol. The molecule has 4 aromatic rings. The normalized spacial score (nSPS) is 19.3. The molecule has 2 atom stereocenters. The zero-order chi connectivity index (χ0) is 31.0. The van der Waals surface area contributed by atoms with Crippen LogP contribution in [0, 0.1) is 0 Å². The molecule has 2 aliphatic heterocycles. The number of halogens is 4. The van der Waals surface area contributed by atoms with Gasteiger partial charge in [0.15, 0.2) is 11.5 Å². The molecule has 0 bridgehead atoms. The van der Waals surface area contributed by atoms with Crippen molar-refractivity contribution >= 4 is 45.1 Å². The second-order valence-electron chi connectivity index (χ2n) is 11.3. The van der Waals surface area contributed by atoms with Crippen LogP contribution in [0.15, 0.2) is 60.9 Å². The molecule has 12 heteroatoms. The Labute approximate surface area is 258 Å². The van der Waals surface area contributed by atoms with Crippen LogP contribution in [0.3, 0.4) is 0 Å². The number of piperazine rings is 1. The second kappa shape index (κ2) is 12.6. The number of carbonyl (C=O) groups is 1. The van der Waals surface area contributed by atoms with Crippen molar-refractivity contribution in [3.8, 4) is 17.3 Å². The van der Waals surface area contributed by atoms with Gasteiger partial charge >= 0.3 is 6.01 Å². The summed E-state index contributed by atoms with van der Waals surface area (Å²) >= 11 is 6.61. The van der Waals surface area contributed by atoms with Gasteiger partial charge in [-0.3, -0.25) is 4.79 Å². The Balaban J connectivity index is 1.41. The molecule has 2 aromatic heterocycles. The molecule has 2 aromatic carbocycles. The van der Waals surface area contributed by atoms with Crippen molar-refractivity contribution in [2.45, 2.75) is 37.8 Å². The molecule has 0 spiro atoms. The van der Waals surface area contributed by atoms with Crippen LogP contribution in [0.5, 0.6) is 6.01 Å². The number of amides is 1. The quantitative estimate of drug-likeness (QED) is 0.219. The third-order valence-electron chi connectivity index (χ3n) is 8.45. The zero-order valence-electron chi connectivity index (χ0n) is 24.2. The smallest absolute Gasteiger partial charge is 0.320 e. The summed E-state index contributed by atoms with van der Waals surface area (Å²) in [5, 5.41) is 3.03. The highest BCUT2D eigenvalue weighted by Gasteiger charge is 2.35. The number of anilines is 1. The Bertz CT molecular complexity index is 1720. The number of carbonyl (C=O) groups excluding carboxylic acids is 1. The minimum atomic E-state index is -2.69. The fourth-order valence-corrected chi connectivity index (χ4v) is 6.46. The van der Waals surface area contributed by atoms with Gasteiger partial charge in [0.05, 0.1) is 17.1 Å². The molecule has 1 amide bonds. The number of ether oxygens (including phenoxy) is 1. The van der Waals surface area contributed by atoms with Crippen molar-refractivity contribution in [2.24, 2.45) is 0 Å². The lowest BCUT2D eigenvalue weighted by Crippen LogP contribution is -2.56. The lowest BCUT2D eigenvalue weighted by atomic mass is 10.0. The van der Waals surface area contributed by atoms with Crippen LogP contribution in [0.2, 0.25) is 5.02 Å². The fraction of sp³-hybridized carbons (Fsp3) is 0.375. The zero-order valence-corrected chi connectivity index (χ0v) is 25.0. The molecular formula is C32H32ClF3N6O2. The van der Waals surface area contributed by atoms with Crippen molar-refractivity contribution in [2.75, 3.05) is 44.7 Å². The fourth-order valence-electron chi connectivity index (χ4n) is 6.18. The summed E-state index contributed by atoms with van der Waals surface area (Å²) < 4.78 is 47.1. The number of benzene rings is 2. The molecule has 2 unspecified atom stereocenters. The number of likely N-dealkylation sites (N-methyl/N-ethyl adjacent to an activating group) is 1. The number of pyridine rings is 1. The molecular weight excluding hydrogens is 593 g/mol. The summed E-state index contributed by atoms with van der Waals surface area (Å²) in [5.41, 5.74) is 1.85. The highest BCUT2D eigenvalue weighted by molar-refractivity contribution is 6.36. The molecule has 0 saturated carbocycles. The number of nitrogens with zero attached hydrogens (tertiary/aromatic N) is 6. The lowest BCUT2D eigenvalue weighted by molar-refractivity contribution is -0.132. The first kappa shape index (κ1) is 30.1. The molecule has 2 fully saturated rings. The minimum Gasteiger partial charge on any atom is -0.462 e. The Hall–Kier alpha value is -3.96. The first-order valence-electron chi connectivity index (χ1n) is 14.6. The monoisotopic (exact) mass is 624 g/mol. The summed E-state index contributed by atoms with van der Waals surface area (Å²) in [4.78, 5) is 31.9. The molecule has 0 radical (unpaired) electrons. The van der Waals surface area contributed by atoms with E-state index in [1.807, 2.05) is 60.5 Å². The van der Waals surface area contributed by atoms with Crippen LogP contribution in [-0.2, 0) is 4.79 Å². The van der Waals surface area contributed by atoms with Crippen molar-refractivity contribution in [1.82, 2.24) is 24.8 Å². The van der Waals surface area contributed by atoms with Crippen molar-refractivity contribution in [3.05, 3.63) is 66.0 Å². The van der Waals surface area contributed by atoms with Crippen LogP contribution in [0.25, 0.3) is 33.1 Å². The van der Waals surface area contributed by atoms with E-state index >= 15 is 0 Å². The summed E-state index contributed by atoms with van der Waals surface area (Å²) in [7, 11) is 2.05. The molecule has 2 saturated heterocycles. The van der Waals surface area contributed by atoms with Gasteiger partial charge in [-0.2, -0.15) is 9.97 Å². The summed E-state index contributed by atoms with van der Waals surface area (Å²) in [5.74, 6) is -1.71. The molecule has 0 aliphatic carbocycles. The molecule has 2 aliphatic rings. The number of hydrogen-bond acceptors (Lipinski definition) is 7. The standard InChI is InChI=1S/C32H32ClF3N6O2/c1-19(34)31(43)42-15-14-41(17-22(42)16-27(35)36)30-24-11-12-26(23-9-3-6-20-7-4-10-25(33)28(20)23)37-29(24)38-32(39-30)44-18-21-8-5-13-40(21)2/h3-4,6-7,9-12,21-22,27H,1,5,8,13-18H2,2H3. The van der Waals surface area contributed by atoms with E-state index in [1.54, 1.807) is 0 Å². The second-order valence-corrected chi connectivity index (χ2v) is 11.7. The highest BCUT2D eigenvalue weighted by atomic mass is 35.5. The van der Waals surface area contributed by atoms with E-state index in [0.29, 0.717) is 34.2 Å². The Morgan fingerprint density at radius 3 is 2.59 bits per heavy atom. The summed E-state index contributed by atoms with van der Waals surface area (Å²) in [6, 6.07) is 14.7. The van der Waals surface area contributed by atoms with Gasteiger partial charge < -0.3 is 19.4 Å². The van der Waals surface area contributed by atoms with E-state index in [2.05, 4.69) is 16.5 Å². The first-order valence-corrected chi connectivity index (χ1v) is 15.0. The van der Waals surface area contributed by atoms with Gasteiger partial charge in [-0.1, -0.05) is 48.5 Å². The van der Waals surface area contributed by atoms with Gasteiger partial charge in [-0.25, -0.2) is 18.2 Å². The van der Waals surface area contributed by atoms with Crippen LogP contribution in [0.1, 0.15) is 19.3 Å². The minimum absolute atomic E-state index is 0.0148. The molecule has 0 N–H and O–H groups in total. The summed E-state index contributed by atoms with van der Waals surface area (Å²) in [6.45, 7) is 4.71. The third kappa shape index (κ3) is 6.03. The van der Waals surface area contributed by atoms with Crippen LogP contribution in [-0.4, -0.2) is 89.0 Å². The average molecular weight is 625 g/mol. The topological polar surface area (TPSA) is 74.7 Å². The Morgan fingerprint density at radius 1 is 1.07 bits per heavy atom. The van der Waals surface area contributed by atoms with Gasteiger partial charge in [0.1, 0.15) is 12.4 Å². The van der Waals surface area contributed by atoms with Crippen LogP contribution < -0.4 is 9.64 Å². The molecule has 230 valence electrons. The van der Waals surface area contributed by atoms with Gasteiger partial charge in [-0.15, -0.1) is 0 Å². The number of aromatic nitrogens is 3. The van der Waals surface area contributed by atoms with E-state index in [1.165, 1.54) is 0 Å². The largest absolute Gasteiger partial charge is 0.462 e. The molecule has 6 rings (SSSR count). The maximum absolute atomic E-state index is 13.8. The van der Waals surface area contributed by atoms with Gasteiger partial charge in [0, 0.05) is 48.1 Å². The van der Waals surface area contributed by atoms with Gasteiger partial charge in [0.2, 0.25) is 6.43 Å². The van der Waals surface area contributed by atoms with Gasteiger partial charge in [-0.05, 0) is 50.0 Å². The molecule has 4 heterocycles. The Morgan fingerprint density at radius 2 is 1.86 bits per heavy atom. The van der Waals surface area contributed by atoms with E-state index in [0.717, 1.165) is 40.6 Å². The number of hydrogen-bond donors (Lipinski definition) is 0. The maximum atomic E-state index is 13.8. The average Bonchev–Trinajstić information content (AvgIpc) is 3.42. The van der Waals surface area contributed by atoms with Crippen LogP contribution in [0.4, 0.5) is 19.0 Å². The van der Waals surface area contributed by atoms with Crippen LogP contribution >= 0.6 is 11.6 Å². The Kier molecular flexibility index (Phi) is 8.59. The number of rotatable bonds is 8.